The van der Waals surface area contributed by atoms with Crippen molar-refractivity contribution < 1.29 is 4.74 Å². The van der Waals surface area contributed by atoms with E-state index in [1.807, 2.05) is 6.61 Å². The molecule has 0 aliphatic carbocycles. The van der Waals surface area contributed by atoms with Gasteiger partial charge < -0.3 is 4.74 Å². The van der Waals surface area contributed by atoms with Crippen LogP contribution in [0.25, 0.3) is 0 Å². The van der Waals surface area contributed by atoms with E-state index in [4.69, 9.17) is 4.74 Å². The number of ether oxygens (including phenoxy) is 1. The second kappa shape index (κ2) is 4.27. The molecule has 0 unspecified atom stereocenters. The number of rotatable bonds is 3. The Hall–Kier alpha value is -0.0400. The average Bonchev–Trinajstić information content (AvgIpc) is 1.76. The number of hydrogen-bond acceptors (Lipinski definition) is 1. The zero-order valence-corrected chi connectivity index (χ0v) is 9.40. The van der Waals surface area contributed by atoms with Crippen LogP contribution in [0.4, 0.5) is 0 Å². The lowest BCUT2D eigenvalue weighted by Crippen LogP contribution is -2.15. The summed E-state index contributed by atoms with van der Waals surface area (Å²) < 4.78 is 5.45. The third kappa shape index (κ3) is 9.96. The molecule has 0 rings (SSSR count). The maximum Gasteiger partial charge on any atom is 0.0842 e. The molecule has 0 bridgehead atoms. The van der Waals surface area contributed by atoms with Gasteiger partial charge in [0.1, 0.15) is 0 Å². The van der Waals surface area contributed by atoms with Crippen molar-refractivity contribution in [2.75, 3.05) is 6.61 Å². The molecule has 0 saturated carbocycles. The van der Waals surface area contributed by atoms with Crippen molar-refractivity contribution in [3.05, 3.63) is 6.61 Å². The highest BCUT2D eigenvalue weighted by Gasteiger charge is 2.13. The Bertz CT molecular complexity index is 97.9. The SMILES string of the molecule is CC(C)(C)C[CH]OCC(C)(C)C. The van der Waals surface area contributed by atoms with E-state index in [2.05, 4.69) is 41.5 Å². The standard InChI is InChI=1S/C11H23O/c1-10(2,3)7-8-12-9-11(4,5)6/h8H,7,9H2,1-6H3. The van der Waals surface area contributed by atoms with Crippen LogP contribution in [-0.4, -0.2) is 6.61 Å². The van der Waals surface area contributed by atoms with Gasteiger partial charge in [0.25, 0.3) is 0 Å². The zero-order valence-electron chi connectivity index (χ0n) is 9.40. The Morgan fingerprint density at radius 1 is 0.917 bits per heavy atom. The van der Waals surface area contributed by atoms with Crippen molar-refractivity contribution in [2.45, 2.75) is 48.0 Å². The lowest BCUT2D eigenvalue weighted by Gasteiger charge is -2.21. The Morgan fingerprint density at radius 3 is 1.75 bits per heavy atom. The van der Waals surface area contributed by atoms with Crippen LogP contribution in [0, 0.1) is 17.4 Å². The summed E-state index contributed by atoms with van der Waals surface area (Å²) in [6.07, 6.45) is 1.02. The van der Waals surface area contributed by atoms with E-state index in [9.17, 15) is 0 Å². The van der Waals surface area contributed by atoms with E-state index in [0.717, 1.165) is 13.0 Å². The first kappa shape index (κ1) is 12.0. The summed E-state index contributed by atoms with van der Waals surface area (Å²) in [7, 11) is 0. The molecule has 0 aromatic carbocycles. The fourth-order valence-corrected chi connectivity index (χ4v) is 0.618. The maximum atomic E-state index is 5.45. The first-order valence-electron chi connectivity index (χ1n) is 4.64. The van der Waals surface area contributed by atoms with E-state index in [1.165, 1.54) is 0 Å². The molecule has 12 heavy (non-hydrogen) atoms. The summed E-state index contributed by atoms with van der Waals surface area (Å²) in [5, 5.41) is 0. The zero-order chi connectivity index (χ0) is 9.83. The van der Waals surface area contributed by atoms with Crippen LogP contribution in [0.1, 0.15) is 48.0 Å². The minimum absolute atomic E-state index is 0.272. The van der Waals surface area contributed by atoms with Gasteiger partial charge in [-0.25, -0.2) is 0 Å². The van der Waals surface area contributed by atoms with Crippen LogP contribution in [0.15, 0.2) is 0 Å². The van der Waals surface area contributed by atoms with Crippen molar-refractivity contribution in [3.8, 4) is 0 Å². The van der Waals surface area contributed by atoms with Gasteiger partial charge in [-0.05, 0) is 17.3 Å². The Kier molecular flexibility index (Phi) is 4.25. The number of hydrogen-bond donors (Lipinski definition) is 0. The molecule has 0 heterocycles. The minimum Gasteiger partial charge on any atom is -0.375 e. The normalized spacial score (nSPS) is 13.5. The molecule has 1 nitrogen and oxygen atoms in total. The lowest BCUT2D eigenvalue weighted by atomic mass is 9.93. The van der Waals surface area contributed by atoms with E-state index in [1.54, 1.807) is 0 Å². The van der Waals surface area contributed by atoms with Crippen molar-refractivity contribution in [2.24, 2.45) is 10.8 Å². The van der Waals surface area contributed by atoms with E-state index >= 15 is 0 Å². The molecule has 0 aromatic rings. The smallest absolute Gasteiger partial charge is 0.0842 e. The largest absolute Gasteiger partial charge is 0.375 e. The van der Waals surface area contributed by atoms with Crippen LogP contribution in [0.5, 0.6) is 0 Å². The molecule has 0 spiro atoms. The molecule has 1 radical (unpaired) electrons. The first-order valence-corrected chi connectivity index (χ1v) is 4.64. The molecule has 0 N–H and O–H groups in total. The van der Waals surface area contributed by atoms with E-state index in [-0.39, 0.29) is 5.41 Å². The molecule has 0 saturated heterocycles. The van der Waals surface area contributed by atoms with Crippen LogP contribution in [0.3, 0.4) is 0 Å². The third-order valence-corrected chi connectivity index (χ3v) is 1.33. The molecule has 1 heteroatoms. The summed E-state index contributed by atoms with van der Waals surface area (Å²) in [5.41, 5.74) is 0.617. The summed E-state index contributed by atoms with van der Waals surface area (Å²) in [6, 6.07) is 0. The highest BCUT2D eigenvalue weighted by molar-refractivity contribution is 4.68. The van der Waals surface area contributed by atoms with Gasteiger partial charge in [0.15, 0.2) is 0 Å². The molecular formula is C11H23O. The fourth-order valence-electron chi connectivity index (χ4n) is 0.618. The molecule has 0 amide bonds. The topological polar surface area (TPSA) is 9.23 Å². The van der Waals surface area contributed by atoms with Crippen LogP contribution in [0.2, 0.25) is 0 Å². The predicted molar refractivity (Wildman–Crippen MR) is 53.8 cm³/mol. The summed E-state index contributed by atoms with van der Waals surface area (Å²) in [5.74, 6) is 0. The van der Waals surface area contributed by atoms with Crippen molar-refractivity contribution >= 4 is 0 Å². The second-order valence-corrected chi connectivity index (χ2v) is 5.80. The molecular weight excluding hydrogens is 148 g/mol. The molecule has 0 aromatic heterocycles. The highest BCUT2D eigenvalue weighted by Crippen LogP contribution is 2.21. The molecule has 0 fully saturated rings. The third-order valence-electron chi connectivity index (χ3n) is 1.33. The highest BCUT2D eigenvalue weighted by atomic mass is 16.5. The van der Waals surface area contributed by atoms with Crippen molar-refractivity contribution in [1.29, 1.82) is 0 Å². The molecule has 0 atom stereocenters. The van der Waals surface area contributed by atoms with Gasteiger partial charge in [-0.3, -0.25) is 0 Å². The van der Waals surface area contributed by atoms with Crippen molar-refractivity contribution in [3.63, 3.8) is 0 Å². The van der Waals surface area contributed by atoms with Crippen LogP contribution in [-0.2, 0) is 4.74 Å². The van der Waals surface area contributed by atoms with Gasteiger partial charge in [0.2, 0.25) is 0 Å². The maximum absolute atomic E-state index is 5.45. The Balaban J connectivity index is 3.35. The van der Waals surface area contributed by atoms with Gasteiger partial charge in [0, 0.05) is 0 Å². The summed E-state index contributed by atoms with van der Waals surface area (Å²) in [6.45, 7) is 15.9. The van der Waals surface area contributed by atoms with Gasteiger partial charge in [-0.2, -0.15) is 0 Å². The minimum atomic E-state index is 0.272. The van der Waals surface area contributed by atoms with E-state index in [0.29, 0.717) is 5.41 Å². The quantitative estimate of drug-likeness (QED) is 0.589. The van der Waals surface area contributed by atoms with Gasteiger partial charge in [-0.15, -0.1) is 0 Å². The van der Waals surface area contributed by atoms with Gasteiger partial charge >= 0.3 is 0 Å². The second-order valence-electron chi connectivity index (χ2n) is 5.80. The molecule has 73 valence electrons. The first-order chi connectivity index (χ1) is 5.21. The van der Waals surface area contributed by atoms with Gasteiger partial charge in [-0.1, -0.05) is 41.5 Å². The van der Waals surface area contributed by atoms with Crippen molar-refractivity contribution in [1.82, 2.24) is 0 Å². The van der Waals surface area contributed by atoms with Crippen LogP contribution < -0.4 is 0 Å². The summed E-state index contributed by atoms with van der Waals surface area (Å²) in [4.78, 5) is 0. The Labute approximate surface area is 77.5 Å². The van der Waals surface area contributed by atoms with Crippen LogP contribution >= 0.6 is 0 Å². The average molecular weight is 171 g/mol. The molecule has 0 aliphatic heterocycles. The molecule has 0 aliphatic rings. The van der Waals surface area contributed by atoms with E-state index < -0.39 is 0 Å². The fraction of sp³-hybridized carbons (Fsp3) is 0.909. The Morgan fingerprint density at radius 2 is 1.42 bits per heavy atom. The monoisotopic (exact) mass is 171 g/mol. The lowest BCUT2D eigenvalue weighted by molar-refractivity contribution is 0.102. The predicted octanol–water partition coefficient (Wildman–Crippen LogP) is 3.65. The van der Waals surface area contributed by atoms with Gasteiger partial charge in [0.05, 0.1) is 13.2 Å². The summed E-state index contributed by atoms with van der Waals surface area (Å²) >= 11 is 0.